The molecule has 1 aromatic heterocycles. The average Bonchev–Trinajstić information content (AvgIpc) is 2.92. The Labute approximate surface area is 236 Å². The van der Waals surface area contributed by atoms with Crippen LogP contribution >= 0.6 is 15.9 Å². The van der Waals surface area contributed by atoms with Crippen LogP contribution in [-0.2, 0) is 12.0 Å². The molecular weight excluding hydrogens is 554 g/mol. The van der Waals surface area contributed by atoms with E-state index in [0.717, 1.165) is 21.0 Å². The highest BCUT2D eigenvalue weighted by Crippen LogP contribution is 2.30. The summed E-state index contributed by atoms with van der Waals surface area (Å²) in [5, 5.41) is 7.43. The summed E-state index contributed by atoms with van der Waals surface area (Å²) in [6.07, 6.45) is 1.65. The van der Waals surface area contributed by atoms with Crippen molar-refractivity contribution in [1.29, 1.82) is 0 Å². The predicted molar refractivity (Wildman–Crippen MR) is 161 cm³/mol. The number of rotatable bonds is 7. The van der Waals surface area contributed by atoms with Crippen LogP contribution in [0.2, 0.25) is 0 Å². The molecule has 1 heterocycles. The van der Waals surface area contributed by atoms with E-state index >= 15 is 0 Å². The molecular formula is C32H30BrN3O3. The highest BCUT2D eigenvalue weighted by Gasteiger charge is 2.23. The van der Waals surface area contributed by atoms with Crippen LogP contribution in [0, 0.1) is 0 Å². The Bertz CT molecular complexity index is 1750. The van der Waals surface area contributed by atoms with E-state index in [4.69, 9.17) is 14.5 Å². The molecule has 4 aromatic carbocycles. The fraction of sp³-hybridized carbons (Fsp3) is 0.219. The van der Waals surface area contributed by atoms with E-state index < -0.39 is 5.41 Å². The summed E-state index contributed by atoms with van der Waals surface area (Å²) in [7, 11) is 0. The van der Waals surface area contributed by atoms with Crippen LogP contribution in [0.25, 0.3) is 21.7 Å². The van der Waals surface area contributed by atoms with Gasteiger partial charge < -0.3 is 9.47 Å². The SMILES string of the molecule is CCOc1cc(C=Nn2c(C(C)(C)C)nc3ccc(Br)cc3c2=O)ccc1OCc1cccc2ccccc12. The summed E-state index contributed by atoms with van der Waals surface area (Å²) in [4.78, 5) is 18.2. The second-order valence-electron chi connectivity index (χ2n) is 10.3. The molecule has 198 valence electrons. The van der Waals surface area contributed by atoms with Crippen LogP contribution in [0.3, 0.4) is 0 Å². The quantitative estimate of drug-likeness (QED) is 0.186. The number of hydrogen-bond acceptors (Lipinski definition) is 5. The number of fused-ring (bicyclic) bond motifs is 2. The molecule has 5 aromatic rings. The normalized spacial score (nSPS) is 11.9. The number of aromatic nitrogens is 2. The zero-order valence-corrected chi connectivity index (χ0v) is 24.0. The van der Waals surface area contributed by atoms with Gasteiger partial charge in [-0.15, -0.1) is 0 Å². The maximum atomic E-state index is 13.4. The minimum atomic E-state index is -0.395. The van der Waals surface area contributed by atoms with Crippen molar-refractivity contribution in [2.24, 2.45) is 5.10 Å². The summed E-state index contributed by atoms with van der Waals surface area (Å²) in [5.74, 6) is 1.84. The monoisotopic (exact) mass is 583 g/mol. The van der Waals surface area contributed by atoms with Gasteiger partial charge in [0, 0.05) is 9.89 Å². The lowest BCUT2D eigenvalue weighted by molar-refractivity contribution is 0.270. The molecule has 0 radical (unpaired) electrons. The van der Waals surface area contributed by atoms with Gasteiger partial charge in [0.2, 0.25) is 0 Å². The van der Waals surface area contributed by atoms with Crippen molar-refractivity contribution in [3.05, 3.63) is 111 Å². The maximum absolute atomic E-state index is 13.4. The fourth-order valence-corrected chi connectivity index (χ4v) is 4.79. The van der Waals surface area contributed by atoms with Crippen LogP contribution < -0.4 is 15.0 Å². The number of ether oxygens (including phenoxy) is 2. The third-order valence-electron chi connectivity index (χ3n) is 6.33. The van der Waals surface area contributed by atoms with Crippen LogP contribution in [0.1, 0.15) is 44.6 Å². The standard InChI is InChI=1S/C32H30BrN3O3/c1-5-38-29-17-21(13-16-28(29)39-20-23-11-8-10-22-9-6-7-12-25(22)23)19-34-36-30(37)26-18-24(33)14-15-27(26)35-31(36)32(2,3)4/h6-19H,5,20H2,1-4H3. The summed E-state index contributed by atoms with van der Waals surface area (Å²) in [6.45, 7) is 8.88. The Morgan fingerprint density at radius 2 is 1.72 bits per heavy atom. The van der Waals surface area contributed by atoms with Crippen LogP contribution in [0.4, 0.5) is 0 Å². The molecule has 0 N–H and O–H groups in total. The van der Waals surface area contributed by atoms with Crippen LogP contribution in [-0.4, -0.2) is 22.5 Å². The lowest BCUT2D eigenvalue weighted by atomic mass is 9.95. The van der Waals surface area contributed by atoms with Crippen molar-refractivity contribution < 1.29 is 9.47 Å². The van der Waals surface area contributed by atoms with Crippen molar-refractivity contribution in [1.82, 2.24) is 9.66 Å². The van der Waals surface area contributed by atoms with Crippen molar-refractivity contribution in [2.45, 2.75) is 39.7 Å². The summed E-state index contributed by atoms with van der Waals surface area (Å²) in [6, 6.07) is 25.6. The first kappa shape index (κ1) is 26.6. The molecule has 0 aliphatic rings. The first-order valence-corrected chi connectivity index (χ1v) is 13.7. The third kappa shape index (κ3) is 5.73. The molecule has 5 rings (SSSR count). The van der Waals surface area contributed by atoms with Crippen molar-refractivity contribution in [2.75, 3.05) is 6.61 Å². The molecule has 0 aliphatic carbocycles. The molecule has 7 heteroatoms. The number of nitrogens with zero attached hydrogens (tertiary/aromatic N) is 3. The first-order chi connectivity index (χ1) is 18.7. The van der Waals surface area contributed by atoms with Gasteiger partial charge in [0.05, 0.1) is 23.7 Å². The number of hydrogen-bond donors (Lipinski definition) is 0. The number of benzene rings is 4. The zero-order valence-electron chi connectivity index (χ0n) is 22.4. The molecule has 0 aliphatic heterocycles. The van der Waals surface area contributed by atoms with Gasteiger partial charge in [-0.05, 0) is 65.2 Å². The summed E-state index contributed by atoms with van der Waals surface area (Å²) < 4.78 is 14.3. The smallest absolute Gasteiger partial charge is 0.282 e. The van der Waals surface area contributed by atoms with E-state index in [0.29, 0.717) is 41.4 Å². The van der Waals surface area contributed by atoms with Gasteiger partial charge in [-0.1, -0.05) is 79.2 Å². The van der Waals surface area contributed by atoms with Crippen LogP contribution in [0.5, 0.6) is 11.5 Å². The number of halogens is 1. The highest BCUT2D eigenvalue weighted by atomic mass is 79.9. The zero-order chi connectivity index (χ0) is 27.6. The topological polar surface area (TPSA) is 65.7 Å². The molecule has 6 nitrogen and oxygen atoms in total. The fourth-order valence-electron chi connectivity index (χ4n) is 4.43. The van der Waals surface area contributed by atoms with Gasteiger partial charge in [0.1, 0.15) is 12.4 Å². The van der Waals surface area contributed by atoms with Gasteiger partial charge >= 0.3 is 0 Å². The Morgan fingerprint density at radius 1 is 0.923 bits per heavy atom. The molecule has 0 bridgehead atoms. The second kappa shape index (κ2) is 11.0. The Hall–Kier alpha value is -3.97. The highest BCUT2D eigenvalue weighted by molar-refractivity contribution is 9.10. The summed E-state index contributed by atoms with van der Waals surface area (Å²) >= 11 is 3.45. The van der Waals surface area contributed by atoms with E-state index in [1.165, 1.54) is 10.1 Å². The van der Waals surface area contributed by atoms with Crippen molar-refractivity contribution in [3.8, 4) is 11.5 Å². The van der Waals surface area contributed by atoms with Gasteiger partial charge in [0.15, 0.2) is 11.5 Å². The molecule has 39 heavy (non-hydrogen) atoms. The van der Waals surface area contributed by atoms with Crippen molar-refractivity contribution >= 4 is 43.8 Å². The van der Waals surface area contributed by atoms with E-state index in [-0.39, 0.29) is 5.56 Å². The largest absolute Gasteiger partial charge is 0.490 e. The Morgan fingerprint density at radius 3 is 2.51 bits per heavy atom. The van der Waals surface area contributed by atoms with E-state index in [1.54, 1.807) is 12.3 Å². The average molecular weight is 585 g/mol. The minimum absolute atomic E-state index is 0.220. The Balaban J connectivity index is 1.47. The Kier molecular flexibility index (Phi) is 7.53. The summed E-state index contributed by atoms with van der Waals surface area (Å²) in [5.41, 5.74) is 1.91. The third-order valence-corrected chi connectivity index (χ3v) is 6.83. The lowest BCUT2D eigenvalue weighted by Gasteiger charge is -2.21. The molecule has 0 amide bonds. The van der Waals surface area contributed by atoms with E-state index in [1.807, 2.05) is 76.2 Å². The molecule has 0 saturated carbocycles. The molecule has 0 fully saturated rings. The first-order valence-electron chi connectivity index (χ1n) is 12.9. The predicted octanol–water partition coefficient (Wildman–Crippen LogP) is 7.47. The van der Waals surface area contributed by atoms with Gasteiger partial charge in [0.25, 0.3) is 5.56 Å². The van der Waals surface area contributed by atoms with Gasteiger partial charge in [-0.3, -0.25) is 4.79 Å². The second-order valence-corrected chi connectivity index (χ2v) is 11.2. The van der Waals surface area contributed by atoms with E-state index in [9.17, 15) is 4.79 Å². The maximum Gasteiger partial charge on any atom is 0.282 e. The minimum Gasteiger partial charge on any atom is -0.490 e. The lowest BCUT2D eigenvalue weighted by Crippen LogP contribution is -2.29. The molecule has 0 unspecified atom stereocenters. The van der Waals surface area contributed by atoms with Gasteiger partial charge in [-0.2, -0.15) is 9.78 Å². The van der Waals surface area contributed by atoms with Gasteiger partial charge in [-0.25, -0.2) is 4.98 Å². The molecule has 0 spiro atoms. The van der Waals surface area contributed by atoms with Crippen molar-refractivity contribution in [3.63, 3.8) is 0 Å². The van der Waals surface area contributed by atoms with Crippen LogP contribution in [0.15, 0.2) is 93.2 Å². The molecule has 0 atom stereocenters. The van der Waals surface area contributed by atoms with E-state index in [2.05, 4.69) is 45.3 Å². The molecule has 0 saturated heterocycles.